The number of aromatic nitrogens is 2. The first-order chi connectivity index (χ1) is 7.70. The average Bonchev–Trinajstić information content (AvgIpc) is 2.97. The van der Waals surface area contributed by atoms with Gasteiger partial charge in [0.25, 0.3) is 0 Å². The number of hydrogen-bond acceptors (Lipinski definition) is 0. The summed E-state index contributed by atoms with van der Waals surface area (Å²) in [7, 11) is -1.64. The van der Waals surface area contributed by atoms with Crippen molar-refractivity contribution in [2.45, 2.75) is 25.2 Å². The Labute approximate surface area is 100 Å². The van der Waals surface area contributed by atoms with Crippen LogP contribution < -0.4 is 10.6 Å². The Morgan fingerprint density at radius 3 is 1.69 bits per heavy atom. The van der Waals surface area contributed by atoms with Gasteiger partial charge in [-0.05, 0) is 40.1 Å². The molecule has 0 aliphatic carbocycles. The molecule has 0 aromatic carbocycles. The lowest BCUT2D eigenvalue weighted by Crippen LogP contribution is -2.43. The van der Waals surface area contributed by atoms with Crippen LogP contribution in [0.3, 0.4) is 0 Å². The highest BCUT2D eigenvalue weighted by molar-refractivity contribution is 6.90. The van der Waals surface area contributed by atoms with Crippen LogP contribution in [0.1, 0.15) is 6.92 Å². The maximum Gasteiger partial charge on any atom is 0.0887 e. The molecule has 2 aromatic heterocycles. The van der Waals surface area contributed by atoms with E-state index in [1.54, 1.807) is 0 Å². The van der Waals surface area contributed by atoms with Gasteiger partial charge in [-0.25, -0.2) is 0 Å². The summed E-state index contributed by atoms with van der Waals surface area (Å²) in [6, 6.07) is 8.74. The summed E-state index contributed by atoms with van der Waals surface area (Å²) in [5, 5.41) is 3.88. The molecule has 0 fully saturated rings. The van der Waals surface area contributed by atoms with E-state index in [0.717, 1.165) is 5.16 Å². The second-order valence-electron chi connectivity index (χ2n) is 4.69. The van der Waals surface area contributed by atoms with Gasteiger partial charge in [0.15, 0.2) is 0 Å². The molecule has 0 spiro atoms. The van der Waals surface area contributed by atoms with Gasteiger partial charge in [0.1, 0.15) is 0 Å². The number of rotatable bonds is 4. The minimum absolute atomic E-state index is 0.822. The molecule has 0 amide bonds. The van der Waals surface area contributed by atoms with Crippen molar-refractivity contribution in [3.8, 4) is 0 Å². The molecule has 2 rings (SSSR count). The lowest BCUT2D eigenvalue weighted by Gasteiger charge is -2.22. The van der Waals surface area contributed by atoms with Crippen LogP contribution in [0.5, 0.6) is 0 Å². The van der Waals surface area contributed by atoms with Crippen molar-refractivity contribution in [2.24, 2.45) is 0 Å². The molecule has 2 aromatic rings. The molecule has 4 heteroatoms. The van der Waals surface area contributed by atoms with Gasteiger partial charge < -0.3 is 9.97 Å². The van der Waals surface area contributed by atoms with Gasteiger partial charge >= 0.3 is 0 Å². The fourth-order valence-corrected chi connectivity index (χ4v) is 9.64. The van der Waals surface area contributed by atoms with Crippen LogP contribution in [0, 0.1) is 0 Å². The van der Waals surface area contributed by atoms with Crippen LogP contribution in [-0.2, 0) is 0 Å². The van der Waals surface area contributed by atoms with Gasteiger partial charge in [0.2, 0.25) is 0 Å². The van der Waals surface area contributed by atoms with E-state index in [4.69, 9.17) is 0 Å². The maximum absolute atomic E-state index is 3.39. The monoisotopic (exact) mass is 248 g/mol. The smallest absolute Gasteiger partial charge is 0.0887 e. The molecule has 0 radical (unpaired) electrons. The third-order valence-corrected chi connectivity index (χ3v) is 13.1. The number of aromatic amines is 2. The van der Waals surface area contributed by atoms with E-state index in [0.29, 0.717) is 0 Å². The molecule has 2 atom stereocenters. The van der Waals surface area contributed by atoms with Crippen LogP contribution in [0.2, 0.25) is 18.3 Å². The second kappa shape index (κ2) is 4.88. The molecule has 86 valence electrons. The summed E-state index contributed by atoms with van der Waals surface area (Å²) in [4.78, 5) is 6.78. The molecule has 16 heavy (non-hydrogen) atoms. The van der Waals surface area contributed by atoms with Gasteiger partial charge in [-0.2, -0.15) is 0 Å². The third-order valence-electron chi connectivity index (χ3n) is 3.80. The largest absolute Gasteiger partial charge is 0.369 e. The Balaban J connectivity index is 2.10. The molecule has 2 nitrogen and oxygen atoms in total. The van der Waals surface area contributed by atoms with Gasteiger partial charge in [0.05, 0.1) is 17.6 Å². The molecule has 0 aliphatic heterocycles. The quantitative estimate of drug-likeness (QED) is 0.760. The van der Waals surface area contributed by atoms with E-state index in [9.17, 15) is 0 Å². The molecular weight excluding hydrogens is 228 g/mol. The van der Waals surface area contributed by atoms with E-state index in [1.807, 2.05) is 12.4 Å². The van der Waals surface area contributed by atoms with Gasteiger partial charge in [-0.1, -0.05) is 20.0 Å². The zero-order valence-corrected chi connectivity index (χ0v) is 12.5. The van der Waals surface area contributed by atoms with Crippen LogP contribution >= 0.6 is 0 Å². The molecule has 2 heterocycles. The lowest BCUT2D eigenvalue weighted by atomic mass is 10.7. The summed E-state index contributed by atoms with van der Waals surface area (Å²) in [5.74, 6) is 0. The number of hydrogen-bond donors (Lipinski definition) is 2. The van der Waals surface area contributed by atoms with Gasteiger partial charge in [-0.15, -0.1) is 0 Å². The molecule has 0 aliphatic rings. The summed E-state index contributed by atoms with van der Waals surface area (Å²) in [6.07, 6.45) is 4.10. The standard InChI is InChI=1S/C12H20N2Si2/c1-10(15(2)11-6-4-8-13-11)16(3)12-7-5-9-14-12/h4-10,13-16H,1-3H3. The summed E-state index contributed by atoms with van der Waals surface area (Å²) in [5.41, 5.74) is 0. The molecular formula is C12H20N2Si2. The fourth-order valence-electron chi connectivity index (χ4n) is 2.25. The maximum atomic E-state index is 3.39. The van der Waals surface area contributed by atoms with Crippen molar-refractivity contribution in [2.75, 3.05) is 0 Å². The molecule has 2 N–H and O–H groups in total. The first-order valence-corrected chi connectivity index (χ1v) is 10.8. The first kappa shape index (κ1) is 11.5. The molecule has 0 saturated heterocycles. The molecule has 0 saturated carbocycles. The molecule has 2 unspecified atom stereocenters. The van der Waals surface area contributed by atoms with E-state index in [2.05, 4.69) is 54.3 Å². The minimum atomic E-state index is -0.822. The van der Waals surface area contributed by atoms with E-state index < -0.39 is 17.6 Å². The SMILES string of the molecule is CC([SiH](C)c1ccc[nH]1)[SiH](C)c1ccc[nH]1. The van der Waals surface area contributed by atoms with Crippen molar-refractivity contribution in [1.82, 2.24) is 9.97 Å². The summed E-state index contributed by atoms with van der Waals surface area (Å²) >= 11 is 0. The van der Waals surface area contributed by atoms with Crippen molar-refractivity contribution < 1.29 is 0 Å². The van der Waals surface area contributed by atoms with Crippen molar-refractivity contribution in [1.29, 1.82) is 0 Å². The topological polar surface area (TPSA) is 31.6 Å². The predicted molar refractivity (Wildman–Crippen MR) is 76.3 cm³/mol. The van der Waals surface area contributed by atoms with Crippen molar-refractivity contribution in [3.05, 3.63) is 36.7 Å². The highest BCUT2D eigenvalue weighted by Crippen LogP contribution is 2.13. The van der Waals surface area contributed by atoms with Gasteiger partial charge in [0, 0.05) is 12.4 Å². The number of H-pyrrole nitrogens is 2. The zero-order valence-electron chi connectivity index (χ0n) is 10.2. The zero-order chi connectivity index (χ0) is 11.5. The summed E-state index contributed by atoms with van der Waals surface area (Å²) < 4.78 is 0. The Kier molecular flexibility index (Phi) is 3.50. The fraction of sp³-hybridized carbons (Fsp3) is 0.333. The Morgan fingerprint density at radius 2 is 1.38 bits per heavy atom. The molecule has 0 bridgehead atoms. The predicted octanol–water partition coefficient (Wildman–Crippen LogP) is 1.10. The third kappa shape index (κ3) is 2.22. The Morgan fingerprint density at radius 1 is 0.938 bits per heavy atom. The van der Waals surface area contributed by atoms with Crippen LogP contribution in [0.25, 0.3) is 0 Å². The lowest BCUT2D eigenvalue weighted by molar-refractivity contribution is 1.25. The average molecular weight is 248 g/mol. The van der Waals surface area contributed by atoms with Crippen LogP contribution in [0.15, 0.2) is 36.7 Å². The van der Waals surface area contributed by atoms with Crippen molar-refractivity contribution >= 4 is 28.2 Å². The van der Waals surface area contributed by atoms with Gasteiger partial charge in [-0.3, -0.25) is 0 Å². The second-order valence-corrected chi connectivity index (χ2v) is 12.0. The van der Waals surface area contributed by atoms with Crippen LogP contribution in [-0.4, -0.2) is 27.6 Å². The van der Waals surface area contributed by atoms with E-state index >= 15 is 0 Å². The summed E-state index contributed by atoms with van der Waals surface area (Å²) in [6.45, 7) is 7.36. The Hall–Kier alpha value is -1.01. The van der Waals surface area contributed by atoms with E-state index in [1.165, 1.54) is 10.6 Å². The van der Waals surface area contributed by atoms with E-state index in [-0.39, 0.29) is 0 Å². The highest BCUT2D eigenvalue weighted by atomic mass is 28.3. The first-order valence-electron chi connectivity index (χ1n) is 5.96. The van der Waals surface area contributed by atoms with Crippen molar-refractivity contribution in [3.63, 3.8) is 0 Å². The van der Waals surface area contributed by atoms with Crippen LogP contribution in [0.4, 0.5) is 0 Å². The number of nitrogens with one attached hydrogen (secondary N) is 2. The normalized spacial score (nSPS) is 16.9. The minimum Gasteiger partial charge on any atom is -0.369 e. The Bertz CT molecular complexity index is 368. The highest BCUT2D eigenvalue weighted by Gasteiger charge is 2.25.